The summed E-state index contributed by atoms with van der Waals surface area (Å²) in [7, 11) is 7.97. The topological polar surface area (TPSA) is 6.48 Å². The van der Waals surface area contributed by atoms with Crippen molar-refractivity contribution in [1.29, 1.82) is 0 Å². The molecule has 0 bridgehead atoms. The molecule has 0 aliphatic rings. The van der Waals surface area contributed by atoms with E-state index in [9.17, 15) is 0 Å². The van der Waals surface area contributed by atoms with Crippen LogP contribution in [-0.4, -0.2) is 51.1 Å². The number of nitrogens with zero attached hydrogens (tertiary/aromatic N) is 2. The van der Waals surface area contributed by atoms with E-state index in [1.807, 2.05) is 38.0 Å². The van der Waals surface area contributed by atoms with E-state index >= 15 is 0 Å². The predicted molar refractivity (Wildman–Crippen MR) is 47.8 cm³/mol. The summed E-state index contributed by atoms with van der Waals surface area (Å²) in [6.07, 6.45) is 0. The van der Waals surface area contributed by atoms with E-state index in [1.54, 1.807) is 0 Å². The van der Waals surface area contributed by atoms with Crippen molar-refractivity contribution in [3.05, 3.63) is 13.8 Å². The van der Waals surface area contributed by atoms with Crippen molar-refractivity contribution in [2.24, 2.45) is 0 Å². The van der Waals surface area contributed by atoms with Crippen molar-refractivity contribution in [3.8, 4) is 0 Å². The Morgan fingerprint density at radius 2 is 0.909 bits per heavy atom. The van der Waals surface area contributed by atoms with Crippen LogP contribution < -0.4 is 0 Å². The standard InChI is InChI=1S/2C4H10N.Zn/c2*1-4-5(2)3;/h2*1,4H2,2-3H3;/q2*-1;+2. The van der Waals surface area contributed by atoms with Gasteiger partial charge in [0.25, 0.3) is 0 Å². The fourth-order valence-corrected chi connectivity index (χ4v) is 0. The normalized spacial score (nSPS) is 8.73. The molecule has 0 N–H and O–H groups in total. The average molecular weight is 210 g/mol. The molecule has 0 rings (SSSR count). The second-order valence-corrected chi connectivity index (χ2v) is 2.61. The first-order chi connectivity index (χ1) is 4.54. The molecular formula is C8H20N2Zn. The molecule has 0 aromatic carbocycles. The Hall–Kier alpha value is 0.543. The van der Waals surface area contributed by atoms with Crippen molar-refractivity contribution in [3.63, 3.8) is 0 Å². The van der Waals surface area contributed by atoms with Gasteiger partial charge in [0, 0.05) is 0 Å². The van der Waals surface area contributed by atoms with Crippen LogP contribution >= 0.6 is 0 Å². The van der Waals surface area contributed by atoms with Gasteiger partial charge in [-0.1, -0.05) is 0 Å². The molecule has 0 radical (unpaired) electrons. The summed E-state index contributed by atoms with van der Waals surface area (Å²) in [5, 5.41) is 0. The first kappa shape index (κ1) is 17.6. The van der Waals surface area contributed by atoms with Crippen LogP contribution in [0.25, 0.3) is 0 Å². The quantitative estimate of drug-likeness (QED) is 0.490. The van der Waals surface area contributed by atoms with Crippen molar-refractivity contribution in [2.75, 3.05) is 41.3 Å². The minimum Gasteiger partial charge on any atom is -0.339 e. The Morgan fingerprint density at radius 3 is 0.909 bits per heavy atom. The molecule has 0 amide bonds. The molecule has 0 spiro atoms. The predicted octanol–water partition coefficient (Wildman–Crippen LogP) is 0.762. The van der Waals surface area contributed by atoms with Gasteiger partial charge in [-0.2, -0.15) is 0 Å². The molecule has 0 aromatic heterocycles. The molecule has 2 nitrogen and oxygen atoms in total. The van der Waals surface area contributed by atoms with E-state index in [2.05, 4.69) is 13.8 Å². The van der Waals surface area contributed by atoms with E-state index in [0.717, 1.165) is 13.1 Å². The minimum absolute atomic E-state index is 0. The summed E-state index contributed by atoms with van der Waals surface area (Å²) in [4.78, 5) is 4.03. The zero-order chi connectivity index (χ0) is 8.57. The second kappa shape index (κ2) is 13.2. The van der Waals surface area contributed by atoms with Gasteiger partial charge in [-0.3, -0.25) is 0 Å². The molecule has 64 valence electrons. The number of rotatable bonds is 2. The minimum atomic E-state index is 0. The molecule has 0 aliphatic heterocycles. The van der Waals surface area contributed by atoms with Gasteiger partial charge in [0.05, 0.1) is 0 Å². The molecule has 0 unspecified atom stereocenters. The zero-order valence-corrected chi connectivity index (χ0v) is 11.4. The Balaban J connectivity index is -0.000000107. The van der Waals surface area contributed by atoms with E-state index in [-0.39, 0.29) is 19.5 Å². The Bertz CT molecular complexity index is 48.1. The van der Waals surface area contributed by atoms with E-state index in [1.165, 1.54) is 0 Å². The molecule has 0 atom stereocenters. The Morgan fingerprint density at radius 1 is 0.818 bits per heavy atom. The van der Waals surface area contributed by atoms with E-state index in [4.69, 9.17) is 0 Å². The largest absolute Gasteiger partial charge is 2.00 e. The maximum atomic E-state index is 3.61. The Kier molecular flexibility index (Phi) is 21.0. The summed E-state index contributed by atoms with van der Waals surface area (Å²) >= 11 is 0. The summed E-state index contributed by atoms with van der Waals surface area (Å²) in [5.74, 6) is 0. The first-order valence-corrected chi connectivity index (χ1v) is 3.42. The van der Waals surface area contributed by atoms with Gasteiger partial charge < -0.3 is 23.6 Å². The summed E-state index contributed by atoms with van der Waals surface area (Å²) in [5.41, 5.74) is 0. The molecule has 3 heteroatoms. The smallest absolute Gasteiger partial charge is 0.339 e. The summed E-state index contributed by atoms with van der Waals surface area (Å²) in [6, 6.07) is 0. The molecule has 0 heterocycles. The third-order valence-corrected chi connectivity index (χ3v) is 0.894. The molecule has 0 saturated heterocycles. The van der Waals surface area contributed by atoms with Gasteiger partial charge in [-0.05, 0) is 28.2 Å². The molecule has 0 aliphatic carbocycles. The van der Waals surface area contributed by atoms with Gasteiger partial charge in [-0.15, -0.1) is 13.1 Å². The van der Waals surface area contributed by atoms with Crippen LogP contribution in [0, 0.1) is 13.8 Å². The monoisotopic (exact) mass is 208 g/mol. The summed E-state index contributed by atoms with van der Waals surface area (Å²) < 4.78 is 0. The van der Waals surface area contributed by atoms with Crippen molar-refractivity contribution in [1.82, 2.24) is 9.80 Å². The van der Waals surface area contributed by atoms with Crippen LogP contribution in [0.2, 0.25) is 0 Å². The maximum Gasteiger partial charge on any atom is 2.00 e. The maximum absolute atomic E-state index is 3.61. The number of hydrogen-bond acceptors (Lipinski definition) is 2. The van der Waals surface area contributed by atoms with Gasteiger partial charge in [0.15, 0.2) is 0 Å². The SMILES string of the molecule is [CH2-]CN(C)C.[CH2-]CN(C)C.[Zn+2]. The van der Waals surface area contributed by atoms with Gasteiger partial charge in [0.1, 0.15) is 0 Å². The fraction of sp³-hybridized carbons (Fsp3) is 0.750. The van der Waals surface area contributed by atoms with E-state index < -0.39 is 0 Å². The van der Waals surface area contributed by atoms with Crippen LogP contribution in [0.15, 0.2) is 0 Å². The van der Waals surface area contributed by atoms with Crippen molar-refractivity contribution >= 4 is 0 Å². The van der Waals surface area contributed by atoms with Crippen LogP contribution in [0.3, 0.4) is 0 Å². The fourth-order valence-electron chi connectivity index (χ4n) is 0. The average Bonchev–Trinajstić information content (AvgIpc) is 1.89. The Labute approximate surface area is 84.7 Å². The van der Waals surface area contributed by atoms with Crippen LogP contribution in [0.4, 0.5) is 0 Å². The van der Waals surface area contributed by atoms with E-state index in [0.29, 0.717) is 0 Å². The second-order valence-electron chi connectivity index (χ2n) is 2.61. The van der Waals surface area contributed by atoms with Crippen LogP contribution in [-0.2, 0) is 19.5 Å². The van der Waals surface area contributed by atoms with Crippen molar-refractivity contribution < 1.29 is 19.5 Å². The molecule has 0 fully saturated rings. The summed E-state index contributed by atoms with van der Waals surface area (Å²) in [6.45, 7) is 9.00. The molecule has 0 saturated carbocycles. The first-order valence-electron chi connectivity index (χ1n) is 3.42. The molecule has 11 heavy (non-hydrogen) atoms. The third-order valence-electron chi connectivity index (χ3n) is 0.894. The third kappa shape index (κ3) is 37.3. The molecule has 0 aromatic rings. The van der Waals surface area contributed by atoms with Gasteiger partial charge in [0.2, 0.25) is 0 Å². The van der Waals surface area contributed by atoms with Crippen LogP contribution in [0.1, 0.15) is 0 Å². The van der Waals surface area contributed by atoms with Gasteiger partial charge in [-0.25, -0.2) is 0 Å². The van der Waals surface area contributed by atoms with Crippen molar-refractivity contribution in [2.45, 2.75) is 0 Å². The zero-order valence-electron chi connectivity index (χ0n) is 8.43. The number of hydrogen-bond donors (Lipinski definition) is 0. The van der Waals surface area contributed by atoms with Crippen LogP contribution in [0.5, 0.6) is 0 Å². The van der Waals surface area contributed by atoms with Gasteiger partial charge >= 0.3 is 19.5 Å². The molecular weight excluding hydrogens is 189 g/mol.